The lowest BCUT2D eigenvalue weighted by Gasteiger charge is -2.26. The van der Waals surface area contributed by atoms with Crippen molar-refractivity contribution in [3.8, 4) is 11.5 Å². The Morgan fingerprint density at radius 3 is 2.61 bits per heavy atom. The predicted octanol–water partition coefficient (Wildman–Crippen LogP) is 1.86. The maximum absolute atomic E-state index is 12.7. The first kappa shape index (κ1) is 19.5. The molecule has 1 atom stereocenters. The number of hydrogen-bond acceptors (Lipinski definition) is 6. The van der Waals surface area contributed by atoms with Gasteiger partial charge in [0.05, 0.1) is 25.8 Å². The maximum atomic E-state index is 12.7. The topological polar surface area (TPSA) is 92.0 Å². The van der Waals surface area contributed by atoms with Crippen molar-refractivity contribution in [2.75, 3.05) is 27.4 Å². The van der Waals surface area contributed by atoms with Crippen molar-refractivity contribution in [3.63, 3.8) is 0 Å². The molecule has 1 amide bonds. The lowest BCUT2D eigenvalue weighted by Crippen LogP contribution is -2.34. The van der Waals surface area contributed by atoms with Crippen LogP contribution in [0.2, 0.25) is 0 Å². The summed E-state index contributed by atoms with van der Waals surface area (Å²) in [7, 11) is 3.17. The molecule has 0 spiro atoms. The number of pyridine rings is 1. The van der Waals surface area contributed by atoms with Crippen LogP contribution in [0.5, 0.6) is 11.5 Å². The monoisotopic (exact) mass is 386 g/mol. The van der Waals surface area contributed by atoms with E-state index in [0.29, 0.717) is 22.8 Å². The molecule has 2 aromatic rings. The second-order valence-electron chi connectivity index (χ2n) is 6.38. The number of benzene rings is 1. The number of esters is 1. The summed E-state index contributed by atoms with van der Waals surface area (Å²) in [6, 6.07) is 8.00. The van der Waals surface area contributed by atoms with Crippen LogP contribution >= 0.6 is 0 Å². The first-order chi connectivity index (χ1) is 13.5. The summed E-state index contributed by atoms with van der Waals surface area (Å²) < 4.78 is 16.4. The first-order valence-electron chi connectivity index (χ1n) is 8.91. The van der Waals surface area contributed by atoms with Crippen molar-refractivity contribution in [3.05, 3.63) is 59.1 Å². The van der Waals surface area contributed by atoms with Crippen molar-refractivity contribution in [2.24, 2.45) is 0 Å². The molecule has 0 bridgehead atoms. The summed E-state index contributed by atoms with van der Waals surface area (Å²) in [4.78, 5) is 26.5. The lowest BCUT2D eigenvalue weighted by atomic mass is 10.0. The summed E-state index contributed by atoms with van der Waals surface area (Å²) in [5.74, 6) is 0.429. The van der Waals surface area contributed by atoms with Gasteiger partial charge in [0.1, 0.15) is 11.5 Å². The highest BCUT2D eigenvalue weighted by Gasteiger charge is 2.32. The number of nitrogens with zero attached hydrogens (tertiary/aromatic N) is 2. The van der Waals surface area contributed by atoms with Gasteiger partial charge < -0.3 is 24.3 Å². The highest BCUT2D eigenvalue weighted by Crippen LogP contribution is 2.38. The predicted molar refractivity (Wildman–Crippen MR) is 98.9 cm³/mol. The maximum Gasteiger partial charge on any atom is 0.339 e. The Morgan fingerprint density at radius 2 is 1.93 bits per heavy atom. The molecule has 28 heavy (non-hydrogen) atoms. The Balaban J connectivity index is 1.69. The fraction of sp³-hybridized carbons (Fsp3) is 0.350. The van der Waals surface area contributed by atoms with Crippen molar-refractivity contribution in [1.29, 1.82) is 0 Å². The van der Waals surface area contributed by atoms with Crippen LogP contribution in [0.1, 0.15) is 34.8 Å². The summed E-state index contributed by atoms with van der Waals surface area (Å²) in [6.07, 6.45) is 4.02. The highest BCUT2D eigenvalue weighted by atomic mass is 16.5. The van der Waals surface area contributed by atoms with Crippen molar-refractivity contribution in [2.45, 2.75) is 18.9 Å². The molecule has 1 aliphatic rings. The van der Waals surface area contributed by atoms with Gasteiger partial charge in [0.25, 0.3) is 5.91 Å². The Bertz CT molecular complexity index is 852. The molecule has 148 valence electrons. The van der Waals surface area contributed by atoms with Crippen LogP contribution in [0.3, 0.4) is 0 Å². The van der Waals surface area contributed by atoms with Crippen LogP contribution in [0, 0.1) is 5.21 Å². The molecule has 0 saturated carbocycles. The van der Waals surface area contributed by atoms with Gasteiger partial charge in [-0.3, -0.25) is 4.79 Å². The average Bonchev–Trinajstić information content (AvgIpc) is 3.21. The molecule has 0 N–H and O–H groups in total. The van der Waals surface area contributed by atoms with Gasteiger partial charge in [-0.2, -0.15) is 4.73 Å². The van der Waals surface area contributed by atoms with Crippen LogP contribution in [0.25, 0.3) is 0 Å². The van der Waals surface area contributed by atoms with Gasteiger partial charge in [0.15, 0.2) is 19.0 Å². The molecule has 3 rings (SSSR count). The summed E-state index contributed by atoms with van der Waals surface area (Å²) in [6.45, 7) is 0.205. The second kappa shape index (κ2) is 8.60. The van der Waals surface area contributed by atoms with E-state index in [1.54, 1.807) is 25.2 Å². The molecule has 1 fully saturated rings. The second-order valence-corrected chi connectivity index (χ2v) is 6.38. The Morgan fingerprint density at radius 1 is 1.18 bits per heavy atom. The van der Waals surface area contributed by atoms with E-state index in [4.69, 9.17) is 14.2 Å². The van der Waals surface area contributed by atoms with E-state index in [9.17, 15) is 14.8 Å². The largest absolute Gasteiger partial charge is 0.619 e. The molecule has 0 radical (unpaired) electrons. The zero-order valence-electron chi connectivity index (χ0n) is 15.8. The van der Waals surface area contributed by atoms with Gasteiger partial charge >= 0.3 is 5.97 Å². The number of carbonyl (C=O) groups excluding carboxylic acids is 2. The molecule has 1 saturated heterocycles. The summed E-state index contributed by atoms with van der Waals surface area (Å²) in [5.41, 5.74) is 1.08. The minimum atomic E-state index is -0.649. The molecular weight excluding hydrogens is 364 g/mol. The third-order valence-corrected chi connectivity index (χ3v) is 4.73. The van der Waals surface area contributed by atoms with Crippen molar-refractivity contribution < 1.29 is 28.5 Å². The van der Waals surface area contributed by atoms with Gasteiger partial charge in [-0.05, 0) is 31.0 Å². The van der Waals surface area contributed by atoms with E-state index in [-0.39, 0.29) is 24.1 Å². The molecule has 8 heteroatoms. The fourth-order valence-corrected chi connectivity index (χ4v) is 3.33. The van der Waals surface area contributed by atoms with Gasteiger partial charge in [-0.15, -0.1) is 0 Å². The van der Waals surface area contributed by atoms with Crippen LogP contribution < -0.4 is 14.2 Å². The minimum absolute atomic E-state index is 0.174. The zero-order chi connectivity index (χ0) is 20.1. The quantitative estimate of drug-likeness (QED) is 0.427. The fourth-order valence-electron chi connectivity index (χ4n) is 3.33. The highest BCUT2D eigenvalue weighted by molar-refractivity contribution is 5.91. The molecule has 2 heterocycles. The SMILES string of the molecule is COc1ccc(OC)c([C@@H]2CCCN2C(=O)COC(=O)c2cc[n+]([O-])cc2)c1. The average molecular weight is 386 g/mol. The standard InChI is InChI=1S/C20H22N2O6/c1-26-15-5-6-18(27-2)16(12-15)17-4-3-9-22(17)19(23)13-28-20(24)14-7-10-21(25)11-8-14/h5-8,10-12,17H,3-4,9,13H2,1-2H3/t17-/m0/s1. The number of methoxy groups -OCH3 is 2. The Kier molecular flexibility index (Phi) is 5.98. The number of ether oxygens (including phenoxy) is 3. The van der Waals surface area contributed by atoms with Crippen LogP contribution in [-0.4, -0.2) is 44.1 Å². The van der Waals surface area contributed by atoms with E-state index in [1.807, 2.05) is 12.1 Å². The number of rotatable bonds is 6. The zero-order valence-corrected chi connectivity index (χ0v) is 15.8. The summed E-state index contributed by atoms with van der Waals surface area (Å²) >= 11 is 0. The van der Waals surface area contributed by atoms with Gasteiger partial charge in [0, 0.05) is 24.2 Å². The number of likely N-dealkylation sites (tertiary alicyclic amines) is 1. The van der Waals surface area contributed by atoms with Crippen LogP contribution in [-0.2, 0) is 9.53 Å². The smallest absolute Gasteiger partial charge is 0.339 e. The Hall–Kier alpha value is -3.29. The third-order valence-electron chi connectivity index (χ3n) is 4.73. The number of carbonyl (C=O) groups is 2. The van der Waals surface area contributed by atoms with Crippen molar-refractivity contribution >= 4 is 11.9 Å². The van der Waals surface area contributed by atoms with Crippen molar-refractivity contribution in [1.82, 2.24) is 4.90 Å². The van der Waals surface area contributed by atoms with E-state index in [1.165, 1.54) is 24.5 Å². The molecule has 1 aliphatic heterocycles. The Labute approximate surface area is 162 Å². The molecule has 0 aliphatic carbocycles. The van der Waals surface area contributed by atoms with Crippen LogP contribution in [0.15, 0.2) is 42.7 Å². The molecule has 8 nitrogen and oxygen atoms in total. The summed E-state index contributed by atoms with van der Waals surface area (Å²) in [5, 5.41) is 11.0. The molecule has 0 unspecified atom stereocenters. The third kappa shape index (κ3) is 4.16. The first-order valence-corrected chi connectivity index (χ1v) is 8.91. The number of aromatic nitrogens is 1. The van der Waals surface area contributed by atoms with E-state index in [0.717, 1.165) is 18.4 Å². The van der Waals surface area contributed by atoms with E-state index < -0.39 is 5.97 Å². The normalized spacial score (nSPS) is 15.9. The minimum Gasteiger partial charge on any atom is -0.619 e. The number of amides is 1. The molecule has 1 aromatic carbocycles. The molecular formula is C20H22N2O6. The molecule has 1 aromatic heterocycles. The number of hydrogen-bond donors (Lipinski definition) is 0. The lowest BCUT2D eigenvalue weighted by molar-refractivity contribution is -0.605. The van der Waals surface area contributed by atoms with Gasteiger partial charge in [-0.1, -0.05) is 0 Å². The van der Waals surface area contributed by atoms with Gasteiger partial charge in [0.2, 0.25) is 0 Å². The van der Waals surface area contributed by atoms with Gasteiger partial charge in [-0.25, -0.2) is 4.79 Å². The van der Waals surface area contributed by atoms with Crippen LogP contribution in [0.4, 0.5) is 0 Å². The van der Waals surface area contributed by atoms with E-state index in [2.05, 4.69) is 0 Å². The van der Waals surface area contributed by atoms with E-state index >= 15 is 0 Å².